The predicted octanol–water partition coefficient (Wildman–Crippen LogP) is 2.83. The molecule has 0 fully saturated rings. The van der Waals surface area contributed by atoms with Crippen LogP contribution in [0.2, 0.25) is 0 Å². The van der Waals surface area contributed by atoms with Gasteiger partial charge in [-0.1, -0.05) is 0 Å². The van der Waals surface area contributed by atoms with Crippen LogP contribution in [0, 0.1) is 11.6 Å². The fraction of sp³-hybridized carbons (Fsp3) is 0.0769. The van der Waals surface area contributed by atoms with Crippen LogP contribution in [0.4, 0.5) is 8.78 Å². The van der Waals surface area contributed by atoms with Crippen molar-refractivity contribution >= 4 is 11.0 Å². The smallest absolute Gasteiger partial charge is 0.153 e. The van der Waals surface area contributed by atoms with Gasteiger partial charge in [-0.05, 0) is 23.8 Å². The summed E-state index contributed by atoms with van der Waals surface area (Å²) in [5.74, 6) is -0.665. The van der Waals surface area contributed by atoms with E-state index < -0.39 is 11.6 Å². The van der Waals surface area contributed by atoms with Crippen molar-refractivity contribution in [3.63, 3.8) is 0 Å². The van der Waals surface area contributed by atoms with E-state index in [0.717, 1.165) is 11.6 Å². The number of aromatic amines is 1. The molecule has 0 atom stereocenters. The number of benzene rings is 1. The summed E-state index contributed by atoms with van der Waals surface area (Å²) < 4.78 is 26.5. The number of H-pyrrole nitrogens is 1. The average molecular weight is 245 g/mol. The Hall–Kier alpha value is -2.30. The van der Waals surface area contributed by atoms with Crippen molar-refractivity contribution in [3.05, 3.63) is 59.7 Å². The quantitative estimate of drug-likeness (QED) is 0.754. The lowest BCUT2D eigenvalue weighted by atomic mass is 10.2. The normalized spacial score (nSPS) is 11.0. The molecule has 0 bridgehead atoms. The first kappa shape index (κ1) is 10.8. The van der Waals surface area contributed by atoms with Gasteiger partial charge in [0.2, 0.25) is 0 Å². The maximum Gasteiger partial charge on any atom is 0.153 e. The maximum atomic E-state index is 13.5. The molecule has 0 aliphatic heterocycles. The van der Waals surface area contributed by atoms with E-state index in [1.807, 2.05) is 12.1 Å². The first-order valence-electron chi connectivity index (χ1n) is 5.45. The number of imidazole rings is 1. The first-order valence-corrected chi connectivity index (χ1v) is 5.45. The van der Waals surface area contributed by atoms with E-state index in [9.17, 15) is 8.78 Å². The van der Waals surface area contributed by atoms with Crippen LogP contribution in [0.1, 0.15) is 11.4 Å². The Labute approximate surface area is 102 Å². The fourth-order valence-corrected chi connectivity index (χ4v) is 1.87. The van der Waals surface area contributed by atoms with E-state index in [4.69, 9.17) is 0 Å². The second kappa shape index (κ2) is 4.18. The molecule has 18 heavy (non-hydrogen) atoms. The topological polar surface area (TPSA) is 41.6 Å². The van der Waals surface area contributed by atoms with Crippen LogP contribution in [0.3, 0.4) is 0 Å². The molecule has 90 valence electrons. The summed E-state index contributed by atoms with van der Waals surface area (Å²) in [6, 6.07) is 5.77. The van der Waals surface area contributed by atoms with Gasteiger partial charge in [0.1, 0.15) is 17.2 Å². The number of rotatable bonds is 2. The molecule has 1 N–H and O–H groups in total. The van der Waals surface area contributed by atoms with E-state index >= 15 is 0 Å². The standard InChI is InChI=1S/C13H9F2N3/c14-9-6-10(15)13-11(7-9)17-12(18-13)5-8-1-3-16-4-2-8/h1-4,6-7H,5H2,(H,17,18). The summed E-state index contributed by atoms with van der Waals surface area (Å²) >= 11 is 0. The summed E-state index contributed by atoms with van der Waals surface area (Å²) in [4.78, 5) is 11.0. The molecule has 1 aromatic carbocycles. The van der Waals surface area contributed by atoms with Gasteiger partial charge in [0, 0.05) is 24.9 Å². The van der Waals surface area contributed by atoms with Crippen LogP contribution in [0.5, 0.6) is 0 Å². The van der Waals surface area contributed by atoms with Crippen LogP contribution < -0.4 is 0 Å². The maximum absolute atomic E-state index is 13.5. The fourth-order valence-electron chi connectivity index (χ4n) is 1.87. The first-order chi connectivity index (χ1) is 8.72. The molecule has 3 aromatic rings. The van der Waals surface area contributed by atoms with Crippen LogP contribution in [0.25, 0.3) is 11.0 Å². The number of hydrogen-bond acceptors (Lipinski definition) is 2. The Morgan fingerprint density at radius 3 is 2.67 bits per heavy atom. The second-order valence-corrected chi connectivity index (χ2v) is 4.00. The summed E-state index contributed by atoms with van der Waals surface area (Å²) in [6.07, 6.45) is 3.88. The van der Waals surface area contributed by atoms with E-state index in [1.165, 1.54) is 6.07 Å². The molecule has 0 aliphatic rings. The molecule has 0 spiro atoms. The SMILES string of the molecule is Fc1cc(F)c2nc(Cc3ccncc3)[nH]c2c1. The highest BCUT2D eigenvalue weighted by Crippen LogP contribution is 2.18. The molecule has 5 heteroatoms. The minimum atomic E-state index is -0.651. The van der Waals surface area contributed by atoms with E-state index in [2.05, 4.69) is 15.0 Å². The van der Waals surface area contributed by atoms with Crippen LogP contribution >= 0.6 is 0 Å². The summed E-state index contributed by atoms with van der Waals surface area (Å²) in [6.45, 7) is 0. The Bertz CT molecular complexity index is 692. The summed E-state index contributed by atoms with van der Waals surface area (Å²) in [5, 5.41) is 0. The van der Waals surface area contributed by atoms with Crippen molar-refractivity contribution < 1.29 is 8.78 Å². The molecule has 2 heterocycles. The third-order valence-corrected chi connectivity index (χ3v) is 2.67. The molecule has 0 saturated carbocycles. The van der Waals surface area contributed by atoms with Gasteiger partial charge in [0.15, 0.2) is 5.82 Å². The van der Waals surface area contributed by atoms with Crippen molar-refractivity contribution in [1.82, 2.24) is 15.0 Å². The molecule has 0 saturated heterocycles. The largest absolute Gasteiger partial charge is 0.342 e. The second-order valence-electron chi connectivity index (χ2n) is 4.00. The highest BCUT2D eigenvalue weighted by atomic mass is 19.1. The Morgan fingerprint density at radius 2 is 1.89 bits per heavy atom. The number of halogens is 2. The van der Waals surface area contributed by atoms with Crippen molar-refractivity contribution in [2.45, 2.75) is 6.42 Å². The number of fused-ring (bicyclic) bond motifs is 1. The number of nitrogens with zero attached hydrogens (tertiary/aromatic N) is 2. The van der Waals surface area contributed by atoms with Crippen LogP contribution in [0.15, 0.2) is 36.7 Å². The Balaban J connectivity index is 2.01. The minimum absolute atomic E-state index is 0.167. The lowest BCUT2D eigenvalue weighted by Gasteiger charge is -1.95. The molecule has 2 aromatic heterocycles. The molecule has 3 rings (SSSR count). The van der Waals surface area contributed by atoms with Crippen LogP contribution in [-0.2, 0) is 6.42 Å². The van der Waals surface area contributed by atoms with Gasteiger partial charge >= 0.3 is 0 Å². The van der Waals surface area contributed by atoms with Crippen molar-refractivity contribution in [2.24, 2.45) is 0 Å². The predicted molar refractivity (Wildman–Crippen MR) is 63.1 cm³/mol. The Kier molecular flexibility index (Phi) is 2.51. The van der Waals surface area contributed by atoms with Gasteiger partial charge in [0.05, 0.1) is 5.52 Å². The molecule has 3 nitrogen and oxygen atoms in total. The lowest BCUT2D eigenvalue weighted by molar-refractivity contribution is 0.590. The number of aromatic nitrogens is 3. The molecule has 0 radical (unpaired) electrons. The summed E-state index contributed by atoms with van der Waals surface area (Å²) in [7, 11) is 0. The van der Waals surface area contributed by atoms with Gasteiger partial charge in [0.25, 0.3) is 0 Å². The zero-order chi connectivity index (χ0) is 12.5. The third kappa shape index (κ3) is 1.95. The lowest BCUT2D eigenvalue weighted by Crippen LogP contribution is -1.90. The third-order valence-electron chi connectivity index (χ3n) is 2.67. The average Bonchev–Trinajstić information content (AvgIpc) is 2.73. The van der Waals surface area contributed by atoms with Crippen molar-refractivity contribution in [1.29, 1.82) is 0 Å². The van der Waals surface area contributed by atoms with Crippen molar-refractivity contribution in [2.75, 3.05) is 0 Å². The summed E-state index contributed by atoms with van der Waals surface area (Å²) in [5.41, 5.74) is 1.54. The number of pyridine rings is 1. The molecule has 0 aliphatic carbocycles. The van der Waals surface area contributed by atoms with Gasteiger partial charge in [-0.2, -0.15) is 0 Å². The van der Waals surface area contributed by atoms with Gasteiger partial charge in [-0.25, -0.2) is 13.8 Å². The monoisotopic (exact) mass is 245 g/mol. The number of nitrogens with one attached hydrogen (secondary N) is 1. The molecular weight excluding hydrogens is 236 g/mol. The highest BCUT2D eigenvalue weighted by Gasteiger charge is 2.09. The van der Waals surface area contributed by atoms with Gasteiger partial charge < -0.3 is 4.98 Å². The van der Waals surface area contributed by atoms with Gasteiger partial charge in [-0.3, -0.25) is 4.98 Å². The Morgan fingerprint density at radius 1 is 1.11 bits per heavy atom. The highest BCUT2D eigenvalue weighted by molar-refractivity contribution is 5.75. The number of hydrogen-bond donors (Lipinski definition) is 1. The molecular formula is C13H9F2N3. The van der Waals surface area contributed by atoms with E-state index in [1.54, 1.807) is 12.4 Å². The van der Waals surface area contributed by atoms with Gasteiger partial charge in [-0.15, -0.1) is 0 Å². The minimum Gasteiger partial charge on any atom is -0.342 e. The van der Waals surface area contributed by atoms with E-state index in [-0.39, 0.29) is 5.52 Å². The van der Waals surface area contributed by atoms with Crippen LogP contribution in [-0.4, -0.2) is 15.0 Å². The zero-order valence-corrected chi connectivity index (χ0v) is 9.32. The van der Waals surface area contributed by atoms with E-state index in [0.29, 0.717) is 17.8 Å². The molecule has 0 unspecified atom stereocenters. The molecule has 0 amide bonds. The van der Waals surface area contributed by atoms with Crippen molar-refractivity contribution in [3.8, 4) is 0 Å². The zero-order valence-electron chi connectivity index (χ0n) is 9.32.